The molecule has 0 spiro atoms. The summed E-state index contributed by atoms with van der Waals surface area (Å²) in [4.78, 5) is 16.1. The van der Waals surface area contributed by atoms with Crippen LogP contribution in [0.15, 0.2) is 82.6 Å². The molecule has 1 aliphatic heterocycles. The number of nitrogens with one attached hydrogen (secondary N) is 1. The fraction of sp³-hybridized carbons (Fsp3) is 0.457. The van der Waals surface area contributed by atoms with Gasteiger partial charge in [0.2, 0.25) is 10.0 Å². The van der Waals surface area contributed by atoms with Gasteiger partial charge < -0.3 is 19.5 Å². The van der Waals surface area contributed by atoms with Crippen LogP contribution in [0.25, 0.3) is 0 Å². The van der Waals surface area contributed by atoms with E-state index in [9.17, 15) is 26.7 Å². The van der Waals surface area contributed by atoms with Crippen LogP contribution in [0.5, 0.6) is 5.75 Å². The molecule has 0 aliphatic carbocycles. The lowest BCUT2D eigenvalue weighted by atomic mass is 10.0. The van der Waals surface area contributed by atoms with E-state index in [1.807, 2.05) is 20.8 Å². The van der Waals surface area contributed by atoms with E-state index in [2.05, 4.69) is 4.72 Å². The monoisotopic (exact) mass is 701 g/mol. The van der Waals surface area contributed by atoms with E-state index >= 15 is 0 Å². The van der Waals surface area contributed by atoms with Crippen molar-refractivity contribution in [2.45, 2.75) is 75.0 Å². The highest BCUT2D eigenvalue weighted by molar-refractivity contribution is 7.92. The first-order valence-electron chi connectivity index (χ1n) is 16.2. The highest BCUT2D eigenvalue weighted by Gasteiger charge is 2.32. The molecule has 3 aromatic carbocycles. The molecule has 0 saturated heterocycles. The quantitative estimate of drug-likeness (QED) is 0.321. The van der Waals surface area contributed by atoms with Gasteiger partial charge in [0.25, 0.3) is 15.9 Å². The maximum Gasteiger partial charge on any atom is 0.261 e. The fourth-order valence-electron chi connectivity index (χ4n) is 5.50. The molecule has 262 valence electrons. The number of sulfonamides is 2. The number of ether oxygens (including phenoxy) is 2. The maximum atomic E-state index is 14.4. The molecule has 13 heteroatoms. The molecule has 1 aliphatic rings. The van der Waals surface area contributed by atoms with E-state index in [0.29, 0.717) is 25.2 Å². The van der Waals surface area contributed by atoms with Crippen LogP contribution in [0.1, 0.15) is 56.0 Å². The smallest absolute Gasteiger partial charge is 0.261 e. The lowest BCUT2D eigenvalue weighted by Gasteiger charge is -2.35. The van der Waals surface area contributed by atoms with Crippen LogP contribution in [0.3, 0.4) is 0 Å². The number of carbonyl (C=O) groups excluding carboxylic acids is 1. The number of aliphatic hydroxyl groups is 1. The van der Waals surface area contributed by atoms with E-state index < -0.39 is 38.1 Å². The summed E-state index contributed by atoms with van der Waals surface area (Å²) in [7, 11) is -6.24. The Kier molecular flexibility index (Phi) is 12.7. The van der Waals surface area contributed by atoms with Gasteiger partial charge in [0.1, 0.15) is 5.75 Å². The number of anilines is 1. The van der Waals surface area contributed by atoms with Crippen LogP contribution in [-0.2, 0) is 24.8 Å². The lowest BCUT2D eigenvalue weighted by molar-refractivity contribution is -0.00833. The normalized spacial score (nSPS) is 20.8. The fourth-order valence-corrected chi connectivity index (χ4v) is 7.76. The summed E-state index contributed by atoms with van der Waals surface area (Å²) in [5.41, 5.74) is 1.23. The molecule has 0 saturated carbocycles. The molecule has 48 heavy (non-hydrogen) atoms. The number of hydrogen-bond acceptors (Lipinski definition) is 8. The van der Waals surface area contributed by atoms with Crippen molar-refractivity contribution in [3.63, 3.8) is 0 Å². The summed E-state index contributed by atoms with van der Waals surface area (Å²) >= 11 is 0. The third kappa shape index (κ3) is 9.35. The first kappa shape index (κ1) is 37.3. The number of benzene rings is 3. The number of amides is 1. The standard InChI is InChI=1S/C35H47N3O8S2/c1-25-14-17-30(18-15-25)47(41,42)36-29-16-19-33-32(21-29)35(40)38(27(3)24-39)22-26(2)34(45-20-10-9-11-28(4)46-33)23-37(5)48(43,44)31-12-7-6-8-13-31/h6-8,12-19,21,26-28,34,36,39H,9-11,20,22-24H2,1-5H3/t26-,27-,28+,34-/m0/s1. The summed E-state index contributed by atoms with van der Waals surface area (Å²) < 4.78 is 69.5. The SMILES string of the molecule is Cc1ccc(S(=O)(=O)Nc2ccc3c(c2)C(=O)N([C@@H](C)CO)C[C@H](C)[C@H](CN(C)S(=O)(=O)c2ccccc2)OCCCC[C@@H](C)O3)cc1. The number of rotatable bonds is 9. The van der Waals surface area contributed by atoms with Crippen LogP contribution in [0, 0.1) is 12.8 Å². The first-order valence-corrected chi connectivity index (χ1v) is 19.1. The summed E-state index contributed by atoms with van der Waals surface area (Å²) in [5, 5.41) is 10.2. The van der Waals surface area contributed by atoms with E-state index in [1.165, 1.54) is 34.5 Å². The third-order valence-electron chi connectivity index (χ3n) is 8.52. The molecule has 4 atom stereocenters. The van der Waals surface area contributed by atoms with Gasteiger partial charge in [0, 0.05) is 38.3 Å². The van der Waals surface area contributed by atoms with Gasteiger partial charge in [-0.05, 0) is 82.5 Å². The van der Waals surface area contributed by atoms with Crippen LogP contribution in [0.4, 0.5) is 5.69 Å². The second kappa shape index (κ2) is 16.3. The van der Waals surface area contributed by atoms with E-state index in [4.69, 9.17) is 9.47 Å². The minimum Gasteiger partial charge on any atom is -0.490 e. The molecule has 0 aromatic heterocycles. The van der Waals surface area contributed by atoms with Gasteiger partial charge in [0.15, 0.2) is 0 Å². The molecular weight excluding hydrogens is 655 g/mol. The predicted octanol–water partition coefficient (Wildman–Crippen LogP) is 4.91. The van der Waals surface area contributed by atoms with Crippen LogP contribution < -0.4 is 9.46 Å². The predicted molar refractivity (Wildman–Crippen MR) is 185 cm³/mol. The molecule has 11 nitrogen and oxygen atoms in total. The topological polar surface area (TPSA) is 143 Å². The van der Waals surface area contributed by atoms with Gasteiger partial charge in [-0.2, -0.15) is 4.31 Å². The molecule has 0 fully saturated rings. The molecule has 1 amide bonds. The molecule has 4 rings (SSSR count). The Hall–Kier alpha value is -3.49. The van der Waals surface area contributed by atoms with Gasteiger partial charge >= 0.3 is 0 Å². The van der Waals surface area contributed by atoms with Gasteiger partial charge in [-0.15, -0.1) is 0 Å². The van der Waals surface area contributed by atoms with Crippen molar-refractivity contribution in [3.05, 3.63) is 83.9 Å². The van der Waals surface area contributed by atoms with Crippen molar-refractivity contribution in [3.8, 4) is 5.75 Å². The molecule has 0 bridgehead atoms. The van der Waals surface area contributed by atoms with Crippen molar-refractivity contribution in [1.82, 2.24) is 9.21 Å². The zero-order valence-electron chi connectivity index (χ0n) is 28.2. The molecule has 3 aromatic rings. The van der Waals surface area contributed by atoms with Gasteiger partial charge in [-0.1, -0.05) is 42.8 Å². The molecule has 0 radical (unpaired) electrons. The Morgan fingerprint density at radius 3 is 2.33 bits per heavy atom. The average Bonchev–Trinajstić information content (AvgIpc) is 3.06. The highest BCUT2D eigenvalue weighted by atomic mass is 32.2. The number of fused-ring (bicyclic) bond motifs is 1. The highest BCUT2D eigenvalue weighted by Crippen LogP contribution is 2.30. The van der Waals surface area contributed by atoms with E-state index in [1.54, 1.807) is 61.5 Å². The zero-order valence-corrected chi connectivity index (χ0v) is 29.8. The number of aliphatic hydroxyl groups excluding tert-OH is 1. The van der Waals surface area contributed by atoms with Gasteiger partial charge in [-0.25, -0.2) is 16.8 Å². The summed E-state index contributed by atoms with van der Waals surface area (Å²) in [5.74, 6) is -0.527. The summed E-state index contributed by atoms with van der Waals surface area (Å²) in [6, 6.07) is 18.6. The van der Waals surface area contributed by atoms with Crippen LogP contribution >= 0.6 is 0 Å². The second-order valence-corrected chi connectivity index (χ2v) is 16.3. The Morgan fingerprint density at radius 1 is 0.979 bits per heavy atom. The molecule has 2 N–H and O–H groups in total. The Labute approximate surface area is 285 Å². The summed E-state index contributed by atoms with van der Waals surface area (Å²) in [6.45, 7) is 7.59. The number of hydrogen-bond donors (Lipinski definition) is 2. The van der Waals surface area contributed by atoms with Crippen molar-refractivity contribution in [2.75, 3.05) is 38.1 Å². The Balaban J connectivity index is 1.68. The van der Waals surface area contributed by atoms with E-state index in [-0.39, 0.29) is 52.8 Å². The number of aryl methyl sites for hydroxylation is 1. The number of carbonyl (C=O) groups is 1. The second-order valence-electron chi connectivity index (χ2n) is 12.5. The number of likely N-dealkylation sites (N-methyl/N-ethyl adjacent to an activating group) is 1. The van der Waals surface area contributed by atoms with Crippen LogP contribution in [0.2, 0.25) is 0 Å². The Bertz CT molecular complexity index is 1740. The zero-order chi connectivity index (χ0) is 35.1. The minimum absolute atomic E-state index is 0.0506. The number of nitrogens with zero attached hydrogens (tertiary/aromatic N) is 2. The molecular formula is C35H47N3O8S2. The van der Waals surface area contributed by atoms with Gasteiger partial charge in [0.05, 0.1) is 40.2 Å². The summed E-state index contributed by atoms with van der Waals surface area (Å²) in [6.07, 6.45) is 1.31. The first-order chi connectivity index (χ1) is 22.7. The minimum atomic E-state index is -3.95. The molecule has 1 heterocycles. The largest absolute Gasteiger partial charge is 0.490 e. The van der Waals surface area contributed by atoms with Gasteiger partial charge in [-0.3, -0.25) is 9.52 Å². The van der Waals surface area contributed by atoms with Crippen molar-refractivity contribution in [2.24, 2.45) is 5.92 Å². The average molecular weight is 702 g/mol. The third-order valence-corrected chi connectivity index (χ3v) is 11.8. The van der Waals surface area contributed by atoms with E-state index in [0.717, 1.165) is 12.0 Å². The van der Waals surface area contributed by atoms with Crippen molar-refractivity contribution < 1.29 is 36.2 Å². The molecule has 0 unspecified atom stereocenters. The maximum absolute atomic E-state index is 14.4. The van der Waals surface area contributed by atoms with Crippen LogP contribution in [-0.4, -0.2) is 88.7 Å². The lowest BCUT2D eigenvalue weighted by Crippen LogP contribution is -2.48. The van der Waals surface area contributed by atoms with Crippen molar-refractivity contribution >= 4 is 31.6 Å². The Morgan fingerprint density at radius 2 is 1.67 bits per heavy atom. The van der Waals surface area contributed by atoms with Crippen molar-refractivity contribution in [1.29, 1.82) is 0 Å².